The molecule has 0 radical (unpaired) electrons. The summed E-state index contributed by atoms with van der Waals surface area (Å²) < 4.78 is 28.2. The Morgan fingerprint density at radius 3 is 2.62 bits per heavy atom. The minimum absolute atomic E-state index is 0. The third-order valence-corrected chi connectivity index (χ3v) is 5.42. The van der Waals surface area contributed by atoms with E-state index in [-0.39, 0.29) is 34.6 Å². The van der Waals surface area contributed by atoms with Crippen LogP contribution in [0.1, 0.15) is 5.56 Å². The van der Waals surface area contributed by atoms with E-state index in [4.69, 9.17) is 15.6 Å². The van der Waals surface area contributed by atoms with E-state index >= 15 is 0 Å². The minimum atomic E-state index is -3.82. The molecule has 1 saturated heterocycles. The summed E-state index contributed by atoms with van der Waals surface area (Å²) in [6.45, 7) is 2.32. The highest BCUT2D eigenvalue weighted by molar-refractivity contribution is 14.0. The number of benzene rings is 1. The molecule has 0 aliphatic carbocycles. The van der Waals surface area contributed by atoms with E-state index in [1.54, 1.807) is 12.1 Å². The zero-order valence-corrected chi connectivity index (χ0v) is 17.4. The summed E-state index contributed by atoms with van der Waals surface area (Å²) in [6, 6.07) is 4.93. The van der Waals surface area contributed by atoms with Gasteiger partial charge in [-0.3, -0.25) is 4.99 Å². The predicted molar refractivity (Wildman–Crippen MR) is 109 cm³/mol. The molecule has 0 spiro atoms. The predicted octanol–water partition coefficient (Wildman–Crippen LogP) is 0.867. The van der Waals surface area contributed by atoms with Gasteiger partial charge in [0.2, 0.25) is 10.0 Å². The van der Waals surface area contributed by atoms with E-state index in [0.717, 1.165) is 30.2 Å². The summed E-state index contributed by atoms with van der Waals surface area (Å²) in [5.41, 5.74) is 6.81. The Labute approximate surface area is 164 Å². The third kappa shape index (κ3) is 5.97. The lowest BCUT2D eigenvalue weighted by atomic mass is 10.1. The summed E-state index contributed by atoms with van der Waals surface area (Å²) in [4.78, 5) is 6.43. The molecule has 0 atom stereocenters. The SMILES string of the molecule is COc1ccc(CCN=C(N)N2CCSCC2)cc1S(N)(=O)=O.I. The topological polar surface area (TPSA) is 111 Å². The third-order valence-electron chi connectivity index (χ3n) is 3.54. The van der Waals surface area contributed by atoms with E-state index in [1.165, 1.54) is 13.2 Å². The number of halogens is 1. The van der Waals surface area contributed by atoms with Crippen LogP contribution in [0.4, 0.5) is 0 Å². The highest BCUT2D eigenvalue weighted by Gasteiger charge is 2.15. The van der Waals surface area contributed by atoms with Gasteiger partial charge >= 0.3 is 0 Å². The molecule has 136 valence electrons. The number of rotatable bonds is 5. The largest absolute Gasteiger partial charge is 0.495 e. The van der Waals surface area contributed by atoms with Crippen molar-refractivity contribution in [2.24, 2.45) is 15.9 Å². The maximum absolute atomic E-state index is 11.6. The van der Waals surface area contributed by atoms with Crippen LogP contribution >= 0.6 is 35.7 Å². The number of nitrogens with two attached hydrogens (primary N) is 2. The van der Waals surface area contributed by atoms with Crippen LogP contribution in [0, 0.1) is 0 Å². The van der Waals surface area contributed by atoms with Gasteiger partial charge in [0.1, 0.15) is 10.6 Å². The molecular formula is C14H23IN4O3S2. The molecule has 0 amide bonds. The number of nitrogens with zero attached hydrogens (tertiary/aromatic N) is 2. The van der Waals surface area contributed by atoms with E-state index in [1.807, 2.05) is 11.8 Å². The normalized spacial score (nSPS) is 15.8. The molecule has 10 heteroatoms. The van der Waals surface area contributed by atoms with Crippen LogP contribution in [0.25, 0.3) is 0 Å². The fraction of sp³-hybridized carbons (Fsp3) is 0.500. The lowest BCUT2D eigenvalue weighted by Gasteiger charge is -2.27. The molecule has 1 aromatic rings. The van der Waals surface area contributed by atoms with Crippen LogP contribution in [0.15, 0.2) is 28.1 Å². The molecule has 7 nitrogen and oxygen atoms in total. The Hall–Kier alpha value is -0.720. The van der Waals surface area contributed by atoms with Crippen molar-refractivity contribution in [3.8, 4) is 5.75 Å². The quantitative estimate of drug-likeness (QED) is 0.363. The van der Waals surface area contributed by atoms with Crippen molar-refractivity contribution < 1.29 is 13.2 Å². The Kier molecular flexibility index (Phi) is 8.60. The number of aliphatic imine (C=N–C) groups is 1. The van der Waals surface area contributed by atoms with Crippen molar-refractivity contribution in [3.63, 3.8) is 0 Å². The number of ether oxygens (including phenoxy) is 1. The molecular weight excluding hydrogens is 463 g/mol. The standard InChI is InChI=1S/C14H22N4O3S2.HI/c1-21-12-3-2-11(10-13(12)23(16,19)20)4-5-17-14(15)18-6-8-22-9-7-18;/h2-3,10H,4-9H2,1H3,(H2,15,17)(H2,16,19,20);1H. The zero-order chi connectivity index (χ0) is 16.9. The number of sulfonamides is 1. The van der Waals surface area contributed by atoms with Gasteiger partial charge < -0.3 is 15.4 Å². The average molecular weight is 486 g/mol. The van der Waals surface area contributed by atoms with Crippen LogP contribution < -0.4 is 15.6 Å². The second kappa shape index (κ2) is 9.68. The van der Waals surface area contributed by atoms with Crippen LogP contribution in [0.2, 0.25) is 0 Å². The van der Waals surface area contributed by atoms with Crippen LogP contribution in [-0.2, 0) is 16.4 Å². The lowest BCUT2D eigenvalue weighted by molar-refractivity contribution is 0.402. The van der Waals surface area contributed by atoms with Gasteiger partial charge in [-0.25, -0.2) is 13.6 Å². The van der Waals surface area contributed by atoms with Crippen molar-refractivity contribution in [1.82, 2.24) is 4.90 Å². The molecule has 4 N–H and O–H groups in total. The average Bonchev–Trinajstić information content (AvgIpc) is 2.54. The smallest absolute Gasteiger partial charge is 0.241 e. The first-order valence-corrected chi connectivity index (χ1v) is 9.94. The Balaban J connectivity index is 0.00000288. The first-order chi connectivity index (χ1) is 10.9. The minimum Gasteiger partial charge on any atom is -0.495 e. The first-order valence-electron chi connectivity index (χ1n) is 7.24. The monoisotopic (exact) mass is 486 g/mol. The second-order valence-corrected chi connectivity index (χ2v) is 7.87. The van der Waals surface area contributed by atoms with Gasteiger partial charge in [0.05, 0.1) is 7.11 Å². The van der Waals surface area contributed by atoms with Gasteiger partial charge in [0.15, 0.2) is 5.96 Å². The first kappa shape index (κ1) is 21.3. The van der Waals surface area contributed by atoms with Crippen molar-refractivity contribution in [2.45, 2.75) is 11.3 Å². The van der Waals surface area contributed by atoms with Gasteiger partial charge in [0, 0.05) is 31.1 Å². The van der Waals surface area contributed by atoms with Gasteiger partial charge in [-0.1, -0.05) is 6.07 Å². The van der Waals surface area contributed by atoms with Gasteiger partial charge in [-0.2, -0.15) is 11.8 Å². The second-order valence-electron chi connectivity index (χ2n) is 5.12. The summed E-state index contributed by atoms with van der Waals surface area (Å²) in [5, 5.41) is 5.21. The highest BCUT2D eigenvalue weighted by atomic mass is 127. The Bertz CT molecular complexity index is 677. The van der Waals surface area contributed by atoms with E-state index in [9.17, 15) is 8.42 Å². The van der Waals surface area contributed by atoms with Crippen LogP contribution in [0.5, 0.6) is 5.75 Å². The molecule has 0 unspecified atom stereocenters. The number of hydrogen-bond donors (Lipinski definition) is 2. The van der Waals surface area contributed by atoms with Crippen molar-refractivity contribution >= 4 is 51.7 Å². The molecule has 1 fully saturated rings. The Morgan fingerprint density at radius 2 is 2.04 bits per heavy atom. The maximum atomic E-state index is 11.6. The molecule has 1 heterocycles. The summed E-state index contributed by atoms with van der Waals surface area (Å²) in [5.74, 6) is 2.91. The van der Waals surface area contributed by atoms with Gasteiger partial charge in [-0.15, -0.1) is 24.0 Å². The fourth-order valence-electron chi connectivity index (χ4n) is 2.29. The molecule has 0 bridgehead atoms. The number of methoxy groups -OCH3 is 1. The van der Waals surface area contributed by atoms with Crippen LogP contribution in [0.3, 0.4) is 0 Å². The zero-order valence-electron chi connectivity index (χ0n) is 13.5. The number of guanidine groups is 1. The maximum Gasteiger partial charge on any atom is 0.241 e. The molecule has 1 aliphatic heterocycles. The van der Waals surface area contributed by atoms with Gasteiger partial charge in [0.25, 0.3) is 0 Å². The molecule has 1 aliphatic rings. The van der Waals surface area contributed by atoms with Crippen molar-refractivity contribution in [2.75, 3.05) is 38.2 Å². The number of thioether (sulfide) groups is 1. The lowest BCUT2D eigenvalue weighted by Crippen LogP contribution is -2.42. The molecule has 24 heavy (non-hydrogen) atoms. The van der Waals surface area contributed by atoms with Crippen molar-refractivity contribution in [3.05, 3.63) is 23.8 Å². The molecule has 0 aromatic heterocycles. The van der Waals surface area contributed by atoms with E-state index in [2.05, 4.69) is 9.89 Å². The molecule has 0 saturated carbocycles. The Morgan fingerprint density at radius 1 is 1.38 bits per heavy atom. The summed E-state index contributed by atoms with van der Waals surface area (Å²) in [7, 11) is -2.41. The molecule has 1 aromatic carbocycles. The molecule has 2 rings (SSSR count). The summed E-state index contributed by atoms with van der Waals surface area (Å²) >= 11 is 1.91. The van der Waals surface area contributed by atoms with E-state index < -0.39 is 10.0 Å². The number of hydrogen-bond acceptors (Lipinski definition) is 5. The summed E-state index contributed by atoms with van der Waals surface area (Å²) in [6.07, 6.45) is 0.579. The fourth-order valence-corrected chi connectivity index (χ4v) is 3.94. The van der Waals surface area contributed by atoms with E-state index in [0.29, 0.717) is 18.9 Å². The van der Waals surface area contributed by atoms with Crippen LogP contribution in [-0.4, -0.2) is 57.5 Å². The highest BCUT2D eigenvalue weighted by Crippen LogP contribution is 2.23. The van der Waals surface area contributed by atoms with Gasteiger partial charge in [-0.05, 0) is 24.1 Å². The number of primary sulfonamides is 1. The van der Waals surface area contributed by atoms with Crippen molar-refractivity contribution in [1.29, 1.82) is 0 Å².